The van der Waals surface area contributed by atoms with Crippen LogP contribution >= 0.6 is 0 Å². The standard InChI is InChI=1S/C15H16N2O3/c1-20-15-13(3-2-8-16-15)11-4-6-12(7-5-11)14(9-18)17-10-19/h2-8,10,14,18H,9H2,1H3,(H,17,19). The number of benzene rings is 1. The first-order chi connectivity index (χ1) is 9.80. The number of carbonyl (C=O) groups is 1. The van der Waals surface area contributed by atoms with Crippen LogP contribution in [0.4, 0.5) is 0 Å². The summed E-state index contributed by atoms with van der Waals surface area (Å²) in [5, 5.41) is 11.8. The second-order valence-corrected chi connectivity index (χ2v) is 4.20. The molecular formula is C15H16N2O3. The van der Waals surface area contributed by atoms with Crippen molar-refractivity contribution in [2.24, 2.45) is 0 Å². The number of amides is 1. The molecule has 0 aliphatic heterocycles. The Labute approximate surface area is 117 Å². The first-order valence-electron chi connectivity index (χ1n) is 6.20. The van der Waals surface area contributed by atoms with Crippen LogP contribution < -0.4 is 10.1 Å². The maximum Gasteiger partial charge on any atom is 0.221 e. The van der Waals surface area contributed by atoms with Crippen molar-refractivity contribution >= 4 is 6.41 Å². The number of hydrogen-bond donors (Lipinski definition) is 2. The fraction of sp³-hybridized carbons (Fsp3) is 0.200. The van der Waals surface area contributed by atoms with Gasteiger partial charge in [-0.2, -0.15) is 0 Å². The van der Waals surface area contributed by atoms with E-state index in [0.29, 0.717) is 12.3 Å². The fourth-order valence-corrected chi connectivity index (χ4v) is 2.00. The molecule has 0 saturated carbocycles. The Kier molecular flexibility index (Phi) is 4.68. The largest absolute Gasteiger partial charge is 0.481 e. The van der Waals surface area contributed by atoms with Crippen LogP contribution in [0.25, 0.3) is 11.1 Å². The number of nitrogens with one attached hydrogen (secondary N) is 1. The first-order valence-corrected chi connectivity index (χ1v) is 6.20. The number of rotatable bonds is 6. The molecule has 104 valence electrons. The van der Waals surface area contributed by atoms with E-state index >= 15 is 0 Å². The van der Waals surface area contributed by atoms with Crippen molar-refractivity contribution in [2.45, 2.75) is 6.04 Å². The molecule has 5 nitrogen and oxygen atoms in total. The Bertz CT molecular complexity index is 570. The predicted molar refractivity (Wildman–Crippen MR) is 75.3 cm³/mol. The summed E-state index contributed by atoms with van der Waals surface area (Å²) in [6.07, 6.45) is 2.26. The van der Waals surface area contributed by atoms with Crippen LogP contribution in [0, 0.1) is 0 Å². The molecule has 20 heavy (non-hydrogen) atoms. The molecule has 1 amide bonds. The third kappa shape index (κ3) is 2.95. The van der Waals surface area contributed by atoms with E-state index in [1.165, 1.54) is 0 Å². The van der Waals surface area contributed by atoms with Crippen LogP contribution in [0.5, 0.6) is 5.88 Å². The van der Waals surface area contributed by atoms with Gasteiger partial charge >= 0.3 is 0 Å². The molecule has 2 rings (SSSR count). The summed E-state index contributed by atoms with van der Waals surface area (Å²) < 4.78 is 5.23. The number of nitrogens with zero attached hydrogens (tertiary/aromatic N) is 1. The lowest BCUT2D eigenvalue weighted by atomic mass is 10.0. The van der Waals surface area contributed by atoms with Crippen LogP contribution in [-0.4, -0.2) is 30.2 Å². The molecule has 2 N–H and O–H groups in total. The van der Waals surface area contributed by atoms with E-state index in [4.69, 9.17) is 4.74 Å². The van der Waals surface area contributed by atoms with E-state index in [1.807, 2.05) is 36.4 Å². The maximum absolute atomic E-state index is 10.5. The van der Waals surface area contributed by atoms with Gasteiger partial charge in [0.2, 0.25) is 12.3 Å². The third-order valence-corrected chi connectivity index (χ3v) is 3.04. The minimum Gasteiger partial charge on any atom is -0.481 e. The van der Waals surface area contributed by atoms with Gasteiger partial charge in [0.05, 0.1) is 19.8 Å². The second kappa shape index (κ2) is 6.68. The number of aliphatic hydroxyl groups excluding tert-OH is 1. The van der Waals surface area contributed by atoms with Gasteiger partial charge in [-0.15, -0.1) is 0 Å². The molecule has 0 aliphatic carbocycles. The lowest BCUT2D eigenvalue weighted by Gasteiger charge is -2.14. The molecule has 2 aromatic rings. The van der Waals surface area contributed by atoms with Gasteiger partial charge in [0.15, 0.2) is 0 Å². The normalized spacial score (nSPS) is 11.7. The van der Waals surface area contributed by atoms with E-state index in [-0.39, 0.29) is 6.61 Å². The Hall–Kier alpha value is -2.40. The summed E-state index contributed by atoms with van der Waals surface area (Å²) in [6.45, 7) is -0.145. The molecular weight excluding hydrogens is 256 g/mol. The van der Waals surface area contributed by atoms with Crippen molar-refractivity contribution in [1.29, 1.82) is 0 Å². The van der Waals surface area contributed by atoms with Crippen LogP contribution in [0.2, 0.25) is 0 Å². The van der Waals surface area contributed by atoms with Crippen molar-refractivity contribution in [3.63, 3.8) is 0 Å². The monoisotopic (exact) mass is 272 g/mol. The zero-order valence-corrected chi connectivity index (χ0v) is 11.1. The molecule has 1 unspecified atom stereocenters. The zero-order valence-electron chi connectivity index (χ0n) is 11.1. The Morgan fingerprint density at radius 2 is 2.10 bits per heavy atom. The summed E-state index contributed by atoms with van der Waals surface area (Å²) in [4.78, 5) is 14.6. The highest BCUT2D eigenvalue weighted by atomic mass is 16.5. The van der Waals surface area contributed by atoms with Gasteiger partial charge in [0.25, 0.3) is 0 Å². The van der Waals surface area contributed by atoms with E-state index in [9.17, 15) is 9.90 Å². The average molecular weight is 272 g/mol. The van der Waals surface area contributed by atoms with E-state index < -0.39 is 6.04 Å². The van der Waals surface area contributed by atoms with Gasteiger partial charge in [-0.05, 0) is 23.3 Å². The van der Waals surface area contributed by atoms with E-state index in [1.54, 1.807) is 13.3 Å². The molecule has 1 atom stereocenters. The summed E-state index contributed by atoms with van der Waals surface area (Å²) in [6, 6.07) is 10.9. The highest BCUT2D eigenvalue weighted by molar-refractivity contribution is 5.68. The third-order valence-electron chi connectivity index (χ3n) is 3.04. The van der Waals surface area contributed by atoms with Crippen molar-refractivity contribution in [3.8, 4) is 17.0 Å². The smallest absolute Gasteiger partial charge is 0.221 e. The lowest BCUT2D eigenvalue weighted by molar-refractivity contribution is -0.110. The van der Waals surface area contributed by atoms with Crippen molar-refractivity contribution < 1.29 is 14.6 Å². The minimum absolute atomic E-state index is 0.145. The Morgan fingerprint density at radius 3 is 2.70 bits per heavy atom. The lowest BCUT2D eigenvalue weighted by Crippen LogP contribution is -2.22. The Morgan fingerprint density at radius 1 is 1.35 bits per heavy atom. The van der Waals surface area contributed by atoms with Gasteiger partial charge in [-0.3, -0.25) is 4.79 Å². The van der Waals surface area contributed by atoms with Crippen LogP contribution in [0.3, 0.4) is 0 Å². The van der Waals surface area contributed by atoms with Gasteiger partial charge in [-0.1, -0.05) is 24.3 Å². The molecule has 5 heteroatoms. The van der Waals surface area contributed by atoms with E-state index in [0.717, 1.165) is 16.7 Å². The number of hydrogen-bond acceptors (Lipinski definition) is 4. The molecule has 0 radical (unpaired) electrons. The maximum atomic E-state index is 10.5. The van der Waals surface area contributed by atoms with Gasteiger partial charge in [0.1, 0.15) is 0 Å². The SMILES string of the molecule is COc1ncccc1-c1ccc(C(CO)NC=O)cc1. The molecule has 1 heterocycles. The van der Waals surface area contributed by atoms with Gasteiger partial charge < -0.3 is 15.2 Å². The van der Waals surface area contributed by atoms with Crippen molar-refractivity contribution in [2.75, 3.05) is 13.7 Å². The van der Waals surface area contributed by atoms with Crippen molar-refractivity contribution in [3.05, 3.63) is 48.2 Å². The first kappa shape index (κ1) is 14.0. The predicted octanol–water partition coefficient (Wildman–Crippen LogP) is 1.54. The summed E-state index contributed by atoms with van der Waals surface area (Å²) in [5.74, 6) is 0.560. The molecule has 1 aromatic heterocycles. The molecule has 1 aromatic carbocycles. The number of aliphatic hydroxyl groups is 1. The molecule has 0 saturated heterocycles. The Balaban J connectivity index is 2.30. The molecule has 0 fully saturated rings. The number of pyridine rings is 1. The quantitative estimate of drug-likeness (QED) is 0.782. The molecule has 0 aliphatic rings. The number of aromatic nitrogens is 1. The summed E-state index contributed by atoms with van der Waals surface area (Å²) in [7, 11) is 1.58. The zero-order chi connectivity index (χ0) is 14.4. The van der Waals surface area contributed by atoms with Crippen molar-refractivity contribution in [1.82, 2.24) is 10.3 Å². The average Bonchev–Trinajstić information content (AvgIpc) is 2.53. The topological polar surface area (TPSA) is 71.5 Å². The number of methoxy groups -OCH3 is 1. The highest BCUT2D eigenvalue weighted by Gasteiger charge is 2.10. The van der Waals surface area contributed by atoms with Crippen LogP contribution in [-0.2, 0) is 4.79 Å². The number of ether oxygens (including phenoxy) is 1. The summed E-state index contributed by atoms with van der Waals surface area (Å²) in [5.41, 5.74) is 2.69. The van der Waals surface area contributed by atoms with Gasteiger partial charge in [0, 0.05) is 11.8 Å². The van der Waals surface area contributed by atoms with E-state index in [2.05, 4.69) is 10.3 Å². The van der Waals surface area contributed by atoms with Crippen LogP contribution in [0.1, 0.15) is 11.6 Å². The van der Waals surface area contributed by atoms with Gasteiger partial charge in [-0.25, -0.2) is 4.98 Å². The van der Waals surface area contributed by atoms with Crippen LogP contribution in [0.15, 0.2) is 42.6 Å². The highest BCUT2D eigenvalue weighted by Crippen LogP contribution is 2.28. The minimum atomic E-state index is -0.391. The second-order valence-electron chi connectivity index (χ2n) is 4.20. The molecule has 0 bridgehead atoms. The molecule has 0 spiro atoms. The number of carbonyl (C=O) groups excluding carboxylic acids is 1. The fourth-order valence-electron chi connectivity index (χ4n) is 2.00. The summed E-state index contributed by atoms with van der Waals surface area (Å²) >= 11 is 0.